The van der Waals surface area contributed by atoms with Gasteiger partial charge in [0.1, 0.15) is 0 Å². The number of rotatable bonds is 7. The summed E-state index contributed by atoms with van der Waals surface area (Å²) in [4.78, 5) is 4.48. The van der Waals surface area contributed by atoms with Crippen LogP contribution in [0.15, 0.2) is 18.2 Å². The summed E-state index contributed by atoms with van der Waals surface area (Å²) in [6.07, 6.45) is 0. The lowest BCUT2D eigenvalue weighted by atomic mass is 10.1. The number of nitrogens with one attached hydrogen (secondary N) is 1. The molecular formula is C15H26ClN3. The van der Waals surface area contributed by atoms with Crippen molar-refractivity contribution >= 4 is 17.3 Å². The minimum absolute atomic E-state index is 0.471. The van der Waals surface area contributed by atoms with Crippen LogP contribution in [0.1, 0.15) is 19.4 Å². The number of likely N-dealkylation sites (N-methyl/N-ethyl adjacent to an activating group) is 2. The van der Waals surface area contributed by atoms with E-state index in [9.17, 15) is 0 Å². The Morgan fingerprint density at radius 3 is 2.42 bits per heavy atom. The van der Waals surface area contributed by atoms with Gasteiger partial charge in [-0.3, -0.25) is 0 Å². The van der Waals surface area contributed by atoms with E-state index in [0.717, 1.165) is 24.7 Å². The van der Waals surface area contributed by atoms with Crippen molar-refractivity contribution in [1.29, 1.82) is 0 Å². The molecule has 1 rings (SSSR count). The van der Waals surface area contributed by atoms with Crippen molar-refractivity contribution < 1.29 is 0 Å². The van der Waals surface area contributed by atoms with Gasteiger partial charge in [0, 0.05) is 43.4 Å². The third kappa shape index (κ3) is 5.81. The summed E-state index contributed by atoms with van der Waals surface area (Å²) in [6, 6.07) is 6.59. The van der Waals surface area contributed by atoms with E-state index < -0.39 is 0 Å². The minimum atomic E-state index is 0.471. The van der Waals surface area contributed by atoms with E-state index in [1.807, 2.05) is 6.07 Å². The zero-order valence-electron chi connectivity index (χ0n) is 12.7. The number of hydrogen-bond donors (Lipinski definition) is 1. The van der Waals surface area contributed by atoms with Crippen LogP contribution in [-0.4, -0.2) is 45.2 Å². The number of halogens is 1. The Labute approximate surface area is 122 Å². The van der Waals surface area contributed by atoms with Crippen molar-refractivity contribution in [2.75, 3.05) is 39.1 Å². The van der Waals surface area contributed by atoms with Crippen molar-refractivity contribution in [3.05, 3.63) is 28.8 Å². The van der Waals surface area contributed by atoms with Crippen molar-refractivity contribution in [2.24, 2.45) is 0 Å². The number of benzene rings is 1. The van der Waals surface area contributed by atoms with Crippen LogP contribution >= 0.6 is 11.6 Å². The standard InChI is InChI=1S/C15H26ClN3/c1-12(2)17-11-13-10-14(16)6-7-15(13)19(5)9-8-18(3)4/h6-7,10,12,17H,8-9,11H2,1-5H3. The van der Waals surface area contributed by atoms with Gasteiger partial charge in [-0.05, 0) is 37.9 Å². The molecule has 0 unspecified atom stereocenters. The molecule has 1 aromatic carbocycles. The second-order valence-corrected chi connectivity index (χ2v) is 5.97. The number of hydrogen-bond acceptors (Lipinski definition) is 3. The van der Waals surface area contributed by atoms with Gasteiger partial charge in [0.2, 0.25) is 0 Å². The highest BCUT2D eigenvalue weighted by Gasteiger charge is 2.09. The van der Waals surface area contributed by atoms with Crippen molar-refractivity contribution in [2.45, 2.75) is 26.4 Å². The zero-order valence-corrected chi connectivity index (χ0v) is 13.5. The third-order valence-electron chi connectivity index (χ3n) is 3.04. The van der Waals surface area contributed by atoms with Gasteiger partial charge >= 0.3 is 0 Å². The molecule has 0 aliphatic rings. The van der Waals surface area contributed by atoms with E-state index in [2.05, 4.69) is 62.2 Å². The van der Waals surface area contributed by atoms with E-state index in [1.54, 1.807) is 0 Å². The summed E-state index contributed by atoms with van der Waals surface area (Å²) >= 11 is 6.11. The molecule has 1 aromatic rings. The maximum absolute atomic E-state index is 6.11. The average Bonchev–Trinajstić information content (AvgIpc) is 2.33. The SMILES string of the molecule is CC(C)NCc1cc(Cl)ccc1N(C)CCN(C)C. The second-order valence-electron chi connectivity index (χ2n) is 5.53. The highest BCUT2D eigenvalue weighted by molar-refractivity contribution is 6.30. The first-order valence-corrected chi connectivity index (χ1v) is 7.15. The fraction of sp³-hybridized carbons (Fsp3) is 0.600. The smallest absolute Gasteiger partial charge is 0.0410 e. The molecule has 0 bridgehead atoms. The largest absolute Gasteiger partial charge is 0.373 e. The molecule has 0 aliphatic heterocycles. The lowest BCUT2D eigenvalue weighted by Crippen LogP contribution is -2.30. The molecule has 1 N–H and O–H groups in total. The molecule has 0 saturated heterocycles. The first-order valence-electron chi connectivity index (χ1n) is 6.78. The predicted octanol–water partition coefficient (Wildman–Crippen LogP) is 2.84. The summed E-state index contributed by atoms with van der Waals surface area (Å²) in [6.45, 7) is 7.19. The van der Waals surface area contributed by atoms with Crippen LogP contribution in [0, 0.1) is 0 Å². The first kappa shape index (κ1) is 16.3. The van der Waals surface area contributed by atoms with Gasteiger partial charge in [0.05, 0.1) is 0 Å². The van der Waals surface area contributed by atoms with Crippen molar-refractivity contribution in [3.63, 3.8) is 0 Å². The molecule has 0 radical (unpaired) electrons. The van der Waals surface area contributed by atoms with Crippen LogP contribution in [0.5, 0.6) is 0 Å². The Morgan fingerprint density at radius 1 is 1.16 bits per heavy atom. The molecule has 0 aliphatic carbocycles. The number of nitrogens with zero attached hydrogens (tertiary/aromatic N) is 2. The molecule has 0 spiro atoms. The summed E-state index contributed by atoms with van der Waals surface area (Å²) in [5.74, 6) is 0. The molecule has 4 heteroatoms. The minimum Gasteiger partial charge on any atom is -0.373 e. The van der Waals surface area contributed by atoms with Crippen LogP contribution in [0.25, 0.3) is 0 Å². The summed E-state index contributed by atoms with van der Waals surface area (Å²) < 4.78 is 0. The molecule has 108 valence electrons. The van der Waals surface area contributed by atoms with Crippen LogP contribution in [-0.2, 0) is 6.54 Å². The van der Waals surface area contributed by atoms with Gasteiger partial charge < -0.3 is 15.1 Å². The Balaban J connectivity index is 2.79. The highest BCUT2D eigenvalue weighted by Crippen LogP contribution is 2.23. The maximum atomic E-state index is 6.11. The Bertz CT molecular complexity index is 391. The van der Waals surface area contributed by atoms with Crippen molar-refractivity contribution in [1.82, 2.24) is 10.2 Å². The summed E-state index contributed by atoms with van der Waals surface area (Å²) in [7, 11) is 6.32. The van der Waals surface area contributed by atoms with E-state index in [0.29, 0.717) is 6.04 Å². The van der Waals surface area contributed by atoms with Crippen LogP contribution in [0.4, 0.5) is 5.69 Å². The van der Waals surface area contributed by atoms with Gasteiger partial charge in [-0.2, -0.15) is 0 Å². The van der Waals surface area contributed by atoms with Crippen LogP contribution in [0.2, 0.25) is 5.02 Å². The highest BCUT2D eigenvalue weighted by atomic mass is 35.5. The fourth-order valence-electron chi connectivity index (χ4n) is 1.85. The monoisotopic (exact) mass is 283 g/mol. The topological polar surface area (TPSA) is 18.5 Å². The Morgan fingerprint density at radius 2 is 1.84 bits per heavy atom. The predicted molar refractivity (Wildman–Crippen MR) is 85.3 cm³/mol. The quantitative estimate of drug-likeness (QED) is 0.830. The Kier molecular flexibility index (Phi) is 6.63. The van der Waals surface area contributed by atoms with E-state index >= 15 is 0 Å². The molecule has 0 heterocycles. The van der Waals surface area contributed by atoms with Gasteiger partial charge in [-0.15, -0.1) is 0 Å². The van der Waals surface area contributed by atoms with Gasteiger partial charge in [-0.25, -0.2) is 0 Å². The molecule has 0 amide bonds. The summed E-state index contributed by atoms with van der Waals surface area (Å²) in [5, 5.41) is 4.25. The van der Waals surface area contributed by atoms with Crippen molar-refractivity contribution in [3.8, 4) is 0 Å². The van der Waals surface area contributed by atoms with E-state index in [4.69, 9.17) is 11.6 Å². The van der Waals surface area contributed by atoms with E-state index in [1.165, 1.54) is 11.3 Å². The van der Waals surface area contributed by atoms with Crippen LogP contribution < -0.4 is 10.2 Å². The molecule has 19 heavy (non-hydrogen) atoms. The lowest BCUT2D eigenvalue weighted by molar-refractivity contribution is 0.416. The molecule has 0 saturated carbocycles. The maximum Gasteiger partial charge on any atom is 0.0410 e. The fourth-order valence-corrected chi connectivity index (χ4v) is 2.05. The molecule has 0 aromatic heterocycles. The zero-order chi connectivity index (χ0) is 14.4. The second kappa shape index (κ2) is 7.73. The van der Waals surface area contributed by atoms with E-state index in [-0.39, 0.29) is 0 Å². The van der Waals surface area contributed by atoms with Gasteiger partial charge in [0.15, 0.2) is 0 Å². The molecule has 0 fully saturated rings. The van der Waals surface area contributed by atoms with Gasteiger partial charge in [-0.1, -0.05) is 25.4 Å². The van der Waals surface area contributed by atoms with Crippen LogP contribution in [0.3, 0.4) is 0 Å². The Hall–Kier alpha value is -0.770. The summed E-state index contributed by atoms with van der Waals surface area (Å²) in [5.41, 5.74) is 2.50. The molecular weight excluding hydrogens is 258 g/mol. The van der Waals surface area contributed by atoms with Gasteiger partial charge in [0.25, 0.3) is 0 Å². The average molecular weight is 284 g/mol. The third-order valence-corrected chi connectivity index (χ3v) is 3.27. The molecule has 3 nitrogen and oxygen atoms in total. The normalized spacial score (nSPS) is 11.4. The molecule has 0 atom stereocenters. The lowest BCUT2D eigenvalue weighted by Gasteiger charge is -2.25. The number of anilines is 1. The first-order chi connectivity index (χ1) is 8.90.